The quantitative estimate of drug-likeness (QED) is 0.297. The van der Waals surface area contributed by atoms with Crippen LogP contribution in [0.1, 0.15) is 40.5 Å². The van der Waals surface area contributed by atoms with Crippen molar-refractivity contribution in [2.75, 3.05) is 6.54 Å². The minimum Gasteiger partial charge on any atom is -0.409 e. The van der Waals surface area contributed by atoms with Crippen LogP contribution in [0.5, 0.6) is 0 Å². The fraction of sp³-hybridized carbons (Fsp3) is 0.900. The van der Waals surface area contributed by atoms with Gasteiger partial charge in [-0.2, -0.15) is 0 Å². The first-order chi connectivity index (χ1) is 6.62. The Bertz CT molecular complexity index is 182. The van der Waals surface area contributed by atoms with Gasteiger partial charge in [-0.15, -0.1) is 0 Å². The number of nitrogens with two attached hydrogens (primary N) is 1. The van der Waals surface area contributed by atoms with Gasteiger partial charge in [0, 0.05) is 6.04 Å². The molecule has 0 aliphatic heterocycles. The van der Waals surface area contributed by atoms with Crippen molar-refractivity contribution in [3.8, 4) is 0 Å². The monoisotopic (exact) mass is 201 g/mol. The largest absolute Gasteiger partial charge is 0.409 e. The molecule has 0 saturated heterocycles. The summed E-state index contributed by atoms with van der Waals surface area (Å²) in [6, 6.07) is 0.519. The van der Waals surface area contributed by atoms with Gasteiger partial charge in [-0.25, -0.2) is 0 Å². The van der Waals surface area contributed by atoms with Gasteiger partial charge in [-0.1, -0.05) is 25.9 Å². The fourth-order valence-electron chi connectivity index (χ4n) is 1.75. The lowest BCUT2D eigenvalue weighted by Crippen LogP contribution is -2.48. The van der Waals surface area contributed by atoms with E-state index in [4.69, 9.17) is 10.9 Å². The van der Waals surface area contributed by atoms with Gasteiger partial charge in [0.1, 0.15) is 0 Å². The summed E-state index contributed by atoms with van der Waals surface area (Å²) in [6.45, 7) is 9.38. The molecule has 2 atom stereocenters. The van der Waals surface area contributed by atoms with Crippen molar-refractivity contribution in [2.45, 2.75) is 52.6 Å². The Labute approximate surface area is 86.8 Å². The summed E-state index contributed by atoms with van der Waals surface area (Å²) in [5, 5.41) is 11.8. The van der Waals surface area contributed by atoms with Gasteiger partial charge in [-0.3, -0.25) is 4.90 Å². The Morgan fingerprint density at radius 1 is 1.36 bits per heavy atom. The highest BCUT2D eigenvalue weighted by Gasteiger charge is 2.22. The van der Waals surface area contributed by atoms with Crippen molar-refractivity contribution in [1.82, 2.24) is 4.90 Å². The first-order valence-electron chi connectivity index (χ1n) is 5.35. The molecule has 0 bridgehead atoms. The van der Waals surface area contributed by atoms with Crippen LogP contribution in [0.3, 0.4) is 0 Å². The van der Waals surface area contributed by atoms with Crippen molar-refractivity contribution in [2.24, 2.45) is 10.9 Å². The van der Waals surface area contributed by atoms with Crippen LogP contribution in [0.2, 0.25) is 0 Å². The highest BCUT2D eigenvalue weighted by atomic mass is 16.4. The van der Waals surface area contributed by atoms with Gasteiger partial charge < -0.3 is 10.9 Å². The van der Waals surface area contributed by atoms with E-state index in [1.54, 1.807) is 0 Å². The van der Waals surface area contributed by atoms with Crippen molar-refractivity contribution < 1.29 is 5.21 Å². The van der Waals surface area contributed by atoms with Crippen LogP contribution in [0.4, 0.5) is 0 Å². The molecule has 4 heteroatoms. The summed E-state index contributed by atoms with van der Waals surface area (Å²) in [6.07, 6.45) is 1.94. The molecular formula is C10H23N3O. The van der Waals surface area contributed by atoms with Crippen LogP contribution in [-0.2, 0) is 0 Å². The lowest BCUT2D eigenvalue weighted by molar-refractivity contribution is 0.178. The Morgan fingerprint density at radius 2 is 1.93 bits per heavy atom. The maximum absolute atomic E-state index is 8.67. The van der Waals surface area contributed by atoms with Crippen molar-refractivity contribution in [1.29, 1.82) is 0 Å². The van der Waals surface area contributed by atoms with Crippen LogP contribution < -0.4 is 5.73 Å². The molecule has 0 fully saturated rings. The number of hydrogen-bond acceptors (Lipinski definition) is 3. The minimum absolute atomic E-state index is 0.0555. The standard InChI is InChI=1S/C10H23N3O/c1-5-8(4)13(7-3)9(6-2)10(11)12-14/h8-9,14H,5-7H2,1-4H3,(H2,11,12). The second-order valence-electron chi connectivity index (χ2n) is 3.54. The Morgan fingerprint density at radius 3 is 2.21 bits per heavy atom. The van der Waals surface area contributed by atoms with Crippen molar-refractivity contribution >= 4 is 5.84 Å². The predicted octanol–water partition coefficient (Wildman–Crippen LogP) is 1.63. The van der Waals surface area contributed by atoms with E-state index in [9.17, 15) is 0 Å². The third kappa shape index (κ3) is 3.18. The van der Waals surface area contributed by atoms with Gasteiger partial charge in [0.25, 0.3) is 0 Å². The molecule has 0 aromatic heterocycles. The summed E-state index contributed by atoms with van der Waals surface area (Å²) in [4.78, 5) is 2.26. The Hall–Kier alpha value is -0.770. The van der Waals surface area contributed by atoms with E-state index in [1.165, 1.54) is 0 Å². The molecular weight excluding hydrogens is 178 g/mol. The molecule has 0 heterocycles. The van der Waals surface area contributed by atoms with Crippen molar-refractivity contribution in [3.05, 3.63) is 0 Å². The SMILES string of the molecule is CCC(C)N(CC)C(CC)C(N)=NO. The fourth-order valence-corrected chi connectivity index (χ4v) is 1.75. The smallest absolute Gasteiger partial charge is 0.156 e. The zero-order valence-corrected chi connectivity index (χ0v) is 9.70. The lowest BCUT2D eigenvalue weighted by atomic mass is 10.1. The Balaban J connectivity index is 4.60. The molecule has 14 heavy (non-hydrogen) atoms. The zero-order valence-electron chi connectivity index (χ0n) is 9.70. The number of likely N-dealkylation sites (N-methyl/N-ethyl adjacent to an activating group) is 1. The molecule has 0 saturated carbocycles. The third-order valence-corrected chi connectivity index (χ3v) is 2.77. The van der Waals surface area contributed by atoms with Crippen LogP contribution in [0.25, 0.3) is 0 Å². The first kappa shape index (κ1) is 13.2. The highest BCUT2D eigenvalue weighted by Crippen LogP contribution is 2.11. The maximum atomic E-state index is 8.67. The lowest BCUT2D eigenvalue weighted by Gasteiger charge is -2.33. The summed E-state index contributed by atoms with van der Waals surface area (Å²) in [5.41, 5.74) is 5.66. The zero-order chi connectivity index (χ0) is 11.1. The van der Waals surface area contributed by atoms with E-state index >= 15 is 0 Å². The first-order valence-corrected chi connectivity index (χ1v) is 5.35. The molecule has 3 N–H and O–H groups in total. The molecule has 0 aromatic rings. The number of hydrogen-bond donors (Lipinski definition) is 2. The minimum atomic E-state index is 0.0555. The van der Waals surface area contributed by atoms with Crippen molar-refractivity contribution in [3.63, 3.8) is 0 Å². The summed E-state index contributed by atoms with van der Waals surface area (Å²) in [7, 11) is 0. The van der Waals surface area contributed by atoms with Gasteiger partial charge in [0.05, 0.1) is 6.04 Å². The molecule has 4 nitrogen and oxygen atoms in total. The topological polar surface area (TPSA) is 61.8 Å². The molecule has 2 unspecified atom stereocenters. The molecule has 0 aromatic carbocycles. The van der Waals surface area contributed by atoms with Crippen LogP contribution >= 0.6 is 0 Å². The van der Waals surface area contributed by atoms with E-state index in [0.29, 0.717) is 11.9 Å². The number of rotatable bonds is 6. The van der Waals surface area contributed by atoms with Gasteiger partial charge in [0.2, 0.25) is 0 Å². The predicted molar refractivity (Wildman–Crippen MR) is 59.6 cm³/mol. The summed E-state index contributed by atoms with van der Waals surface area (Å²) >= 11 is 0. The number of nitrogens with zero attached hydrogens (tertiary/aromatic N) is 2. The highest BCUT2D eigenvalue weighted by molar-refractivity contribution is 5.85. The summed E-state index contributed by atoms with van der Waals surface area (Å²) < 4.78 is 0. The van der Waals surface area contributed by atoms with E-state index in [-0.39, 0.29) is 6.04 Å². The van der Waals surface area contributed by atoms with Crippen LogP contribution in [0.15, 0.2) is 5.16 Å². The molecule has 0 aliphatic rings. The van der Waals surface area contributed by atoms with Gasteiger partial charge in [-0.05, 0) is 26.3 Å². The van der Waals surface area contributed by atoms with Gasteiger partial charge in [0.15, 0.2) is 5.84 Å². The van der Waals surface area contributed by atoms with E-state index in [0.717, 1.165) is 19.4 Å². The third-order valence-electron chi connectivity index (χ3n) is 2.77. The molecule has 84 valence electrons. The van der Waals surface area contributed by atoms with Gasteiger partial charge >= 0.3 is 0 Å². The molecule has 0 spiro atoms. The van der Waals surface area contributed by atoms with E-state index < -0.39 is 0 Å². The Kier molecular flexibility index (Phi) is 6.28. The van der Waals surface area contributed by atoms with Crippen LogP contribution in [-0.4, -0.2) is 34.6 Å². The summed E-state index contributed by atoms with van der Waals surface area (Å²) in [5.74, 6) is 0.314. The second-order valence-corrected chi connectivity index (χ2v) is 3.54. The number of oxime groups is 1. The molecule has 0 amide bonds. The number of amidine groups is 1. The average molecular weight is 201 g/mol. The average Bonchev–Trinajstić information content (AvgIpc) is 2.23. The van der Waals surface area contributed by atoms with E-state index in [2.05, 4.69) is 30.8 Å². The van der Waals surface area contributed by atoms with Crippen LogP contribution in [0, 0.1) is 0 Å². The second kappa shape index (κ2) is 6.65. The molecule has 0 aliphatic carbocycles. The normalized spacial score (nSPS) is 17.1. The van der Waals surface area contributed by atoms with E-state index in [1.807, 2.05) is 6.92 Å². The maximum Gasteiger partial charge on any atom is 0.156 e. The molecule has 0 radical (unpaired) electrons. The molecule has 0 rings (SSSR count).